The van der Waals surface area contributed by atoms with Crippen LogP contribution in [0.3, 0.4) is 0 Å². The molecule has 1 amide bonds. The van der Waals surface area contributed by atoms with Crippen molar-refractivity contribution in [3.8, 4) is 0 Å². The van der Waals surface area contributed by atoms with Crippen molar-refractivity contribution in [3.63, 3.8) is 0 Å². The Morgan fingerprint density at radius 2 is 1.79 bits per heavy atom. The number of fused-ring (bicyclic) bond motifs is 2. The van der Waals surface area contributed by atoms with Gasteiger partial charge in [0.15, 0.2) is 5.69 Å². The second-order valence-corrected chi connectivity index (χ2v) is 9.04. The number of anilines is 1. The number of nitrogens with zero attached hydrogens (tertiary/aromatic N) is 4. The van der Waals surface area contributed by atoms with Gasteiger partial charge < -0.3 is 14.8 Å². The molecule has 4 rings (SSSR count). The lowest BCUT2D eigenvalue weighted by molar-refractivity contribution is 0.102. The molecule has 1 N–H and O–H groups in total. The third kappa shape index (κ3) is 4.89. The maximum absolute atomic E-state index is 13.3. The van der Waals surface area contributed by atoms with Gasteiger partial charge in [0.05, 0.1) is 5.39 Å². The topological polar surface area (TPSA) is 72.2 Å². The van der Waals surface area contributed by atoms with E-state index in [4.69, 9.17) is 0 Å². The number of rotatable bonds is 9. The Hall–Kier alpha value is -3.45. The van der Waals surface area contributed by atoms with Crippen molar-refractivity contribution in [2.24, 2.45) is 5.92 Å². The first-order valence-electron chi connectivity index (χ1n) is 12.0. The molecule has 0 atom stereocenters. The van der Waals surface area contributed by atoms with Crippen LogP contribution in [0.5, 0.6) is 0 Å². The molecule has 0 saturated heterocycles. The van der Waals surface area contributed by atoms with Gasteiger partial charge in [-0.25, -0.2) is 4.68 Å². The molecule has 0 fully saturated rings. The lowest BCUT2D eigenvalue weighted by Crippen LogP contribution is -2.29. The summed E-state index contributed by atoms with van der Waals surface area (Å²) in [7, 11) is 0. The van der Waals surface area contributed by atoms with Gasteiger partial charge in [0.2, 0.25) is 0 Å². The average Bonchev–Trinajstić information content (AvgIpc) is 3.23. The summed E-state index contributed by atoms with van der Waals surface area (Å²) < 4.78 is 3.65. The lowest BCUT2D eigenvalue weighted by atomic mass is 10.1. The summed E-state index contributed by atoms with van der Waals surface area (Å²) in [6.45, 7) is 12.9. The zero-order valence-electron chi connectivity index (χ0n) is 20.4. The summed E-state index contributed by atoms with van der Waals surface area (Å²) in [4.78, 5) is 28.5. The smallest absolute Gasteiger partial charge is 0.276 e. The van der Waals surface area contributed by atoms with Crippen LogP contribution in [0.25, 0.3) is 21.7 Å². The molecule has 0 aliphatic carbocycles. The van der Waals surface area contributed by atoms with Crippen LogP contribution in [0.4, 0.5) is 5.69 Å². The molecule has 178 valence electrons. The maximum atomic E-state index is 13.3. The van der Waals surface area contributed by atoms with E-state index in [0.717, 1.165) is 37.1 Å². The first kappa shape index (κ1) is 23.7. The third-order valence-electron chi connectivity index (χ3n) is 6.20. The lowest BCUT2D eigenvalue weighted by Gasteiger charge is -2.18. The van der Waals surface area contributed by atoms with Crippen LogP contribution in [0.2, 0.25) is 0 Å². The fourth-order valence-corrected chi connectivity index (χ4v) is 4.32. The SMILES string of the molecule is CCN(CC)CCn1ccc2cc(NC(=O)c3nn(CC(C)C)c(=O)c4ccccc34)ccc21. The number of likely N-dealkylation sites (N-methyl/N-ethyl adjacent to an activating group) is 1. The minimum absolute atomic E-state index is 0.173. The van der Waals surface area contributed by atoms with Gasteiger partial charge in [0.1, 0.15) is 0 Å². The molecule has 2 aromatic heterocycles. The summed E-state index contributed by atoms with van der Waals surface area (Å²) in [5.74, 6) is -0.0931. The highest BCUT2D eigenvalue weighted by Crippen LogP contribution is 2.22. The van der Waals surface area contributed by atoms with Crippen LogP contribution in [0.15, 0.2) is 59.5 Å². The van der Waals surface area contributed by atoms with E-state index >= 15 is 0 Å². The van der Waals surface area contributed by atoms with Gasteiger partial charge in [-0.1, -0.05) is 45.9 Å². The molecular weight excluding hydrogens is 426 g/mol. The Morgan fingerprint density at radius 3 is 2.50 bits per heavy atom. The Kier molecular flexibility index (Phi) is 7.12. The summed E-state index contributed by atoms with van der Waals surface area (Å²) in [5.41, 5.74) is 1.92. The molecule has 0 unspecified atom stereocenters. The van der Waals surface area contributed by atoms with E-state index in [0.29, 0.717) is 23.0 Å². The van der Waals surface area contributed by atoms with E-state index in [1.165, 1.54) is 4.68 Å². The predicted octanol–water partition coefficient (Wildman–Crippen LogP) is 4.60. The largest absolute Gasteiger partial charge is 0.346 e. The van der Waals surface area contributed by atoms with E-state index in [1.807, 2.05) is 44.2 Å². The van der Waals surface area contributed by atoms with Gasteiger partial charge >= 0.3 is 0 Å². The number of hydrogen-bond acceptors (Lipinski definition) is 4. The van der Waals surface area contributed by atoms with Gasteiger partial charge in [-0.3, -0.25) is 9.59 Å². The Labute approximate surface area is 200 Å². The molecule has 7 heteroatoms. The highest BCUT2D eigenvalue weighted by Gasteiger charge is 2.17. The van der Waals surface area contributed by atoms with Gasteiger partial charge in [0, 0.05) is 47.8 Å². The summed E-state index contributed by atoms with van der Waals surface area (Å²) in [6, 6.07) is 15.2. The van der Waals surface area contributed by atoms with Crippen molar-refractivity contribution in [1.82, 2.24) is 19.2 Å². The molecule has 34 heavy (non-hydrogen) atoms. The van der Waals surface area contributed by atoms with Crippen molar-refractivity contribution in [1.29, 1.82) is 0 Å². The second-order valence-electron chi connectivity index (χ2n) is 9.04. The van der Waals surface area contributed by atoms with E-state index < -0.39 is 0 Å². The highest BCUT2D eigenvalue weighted by molar-refractivity contribution is 6.11. The molecule has 0 aliphatic rings. The number of carbonyl (C=O) groups excluding carboxylic acids is 1. The van der Waals surface area contributed by atoms with Crippen LogP contribution in [0.1, 0.15) is 38.2 Å². The van der Waals surface area contributed by atoms with E-state index in [9.17, 15) is 9.59 Å². The quantitative estimate of drug-likeness (QED) is 0.397. The molecule has 0 spiro atoms. The third-order valence-corrected chi connectivity index (χ3v) is 6.20. The predicted molar refractivity (Wildman–Crippen MR) is 139 cm³/mol. The fourth-order valence-electron chi connectivity index (χ4n) is 4.32. The van der Waals surface area contributed by atoms with E-state index in [1.54, 1.807) is 12.1 Å². The van der Waals surface area contributed by atoms with Crippen molar-refractivity contribution < 1.29 is 4.79 Å². The molecule has 4 aromatic rings. The van der Waals surface area contributed by atoms with Crippen LogP contribution >= 0.6 is 0 Å². The number of benzene rings is 2. The van der Waals surface area contributed by atoms with Gasteiger partial charge in [-0.15, -0.1) is 0 Å². The Bertz CT molecular complexity index is 1360. The van der Waals surface area contributed by atoms with Crippen LogP contribution in [0, 0.1) is 5.92 Å². The first-order chi connectivity index (χ1) is 16.4. The Balaban J connectivity index is 1.61. The molecule has 2 heterocycles. The summed E-state index contributed by atoms with van der Waals surface area (Å²) in [6.07, 6.45) is 2.09. The monoisotopic (exact) mass is 459 g/mol. The zero-order valence-corrected chi connectivity index (χ0v) is 20.4. The molecule has 0 saturated carbocycles. The highest BCUT2D eigenvalue weighted by atomic mass is 16.2. The van der Waals surface area contributed by atoms with Gasteiger partial charge in [-0.05, 0) is 49.3 Å². The van der Waals surface area contributed by atoms with Gasteiger partial charge in [-0.2, -0.15) is 5.10 Å². The summed E-state index contributed by atoms with van der Waals surface area (Å²) >= 11 is 0. The number of aromatic nitrogens is 3. The molecule has 0 bridgehead atoms. The minimum atomic E-state index is -0.325. The molecule has 0 aliphatic heterocycles. The summed E-state index contributed by atoms with van der Waals surface area (Å²) in [5, 5.41) is 9.57. The number of amides is 1. The maximum Gasteiger partial charge on any atom is 0.276 e. The molecule has 2 aromatic carbocycles. The molecular formula is C27H33N5O2. The molecule has 0 radical (unpaired) electrons. The first-order valence-corrected chi connectivity index (χ1v) is 12.0. The average molecular weight is 460 g/mol. The molecule has 7 nitrogen and oxygen atoms in total. The number of hydrogen-bond donors (Lipinski definition) is 1. The van der Waals surface area contributed by atoms with E-state index in [-0.39, 0.29) is 23.1 Å². The van der Waals surface area contributed by atoms with E-state index in [2.05, 4.69) is 46.0 Å². The second kappa shape index (κ2) is 10.2. The normalized spacial score (nSPS) is 11.7. The zero-order chi connectivity index (χ0) is 24.2. The van der Waals surface area contributed by atoms with Crippen molar-refractivity contribution in [3.05, 3.63) is 70.8 Å². The minimum Gasteiger partial charge on any atom is -0.346 e. The van der Waals surface area contributed by atoms with Crippen LogP contribution in [-0.4, -0.2) is 44.8 Å². The van der Waals surface area contributed by atoms with Crippen molar-refractivity contribution in [2.45, 2.75) is 40.8 Å². The standard InChI is InChI=1S/C27H33N5O2/c1-5-30(6-2)15-16-31-14-13-20-17-21(11-12-24(20)31)28-26(33)25-22-9-7-8-10-23(22)27(34)32(29-25)18-19(3)4/h7-14,17,19H,5-6,15-16,18H2,1-4H3,(H,28,33). The Morgan fingerprint density at radius 1 is 1.06 bits per heavy atom. The van der Waals surface area contributed by atoms with Crippen LogP contribution < -0.4 is 10.9 Å². The number of carbonyl (C=O) groups is 1. The number of nitrogens with one attached hydrogen (secondary N) is 1. The fraction of sp³-hybridized carbons (Fsp3) is 0.370. The van der Waals surface area contributed by atoms with Crippen molar-refractivity contribution >= 4 is 33.3 Å². The van der Waals surface area contributed by atoms with Gasteiger partial charge in [0.25, 0.3) is 11.5 Å². The van der Waals surface area contributed by atoms with Crippen LogP contribution in [-0.2, 0) is 13.1 Å². The van der Waals surface area contributed by atoms with Crippen molar-refractivity contribution in [2.75, 3.05) is 25.0 Å².